The zero-order valence-corrected chi connectivity index (χ0v) is 14.9. The maximum absolute atomic E-state index is 6.28. The zero-order chi connectivity index (χ0) is 18.6. The standard InChI is InChI=1S/C21H19N5O/c1-2-14-7-3-4-10-16(14)26-20-18(22)21(25-13-24-20)27-17-11-5-8-15-9-6-12-23-19(15)17/h3-13H,2,22H2,1H3,(H,24,25,26). The van der Waals surface area contributed by atoms with Crippen molar-refractivity contribution in [3.05, 3.63) is 72.7 Å². The summed E-state index contributed by atoms with van der Waals surface area (Å²) < 4.78 is 5.98. The van der Waals surface area contributed by atoms with Gasteiger partial charge in [-0.25, -0.2) is 4.98 Å². The lowest BCUT2D eigenvalue weighted by molar-refractivity contribution is 0.469. The van der Waals surface area contributed by atoms with Gasteiger partial charge in [-0.15, -0.1) is 0 Å². The number of aryl methyl sites for hydroxylation is 1. The third kappa shape index (κ3) is 3.37. The normalized spacial score (nSPS) is 10.7. The van der Waals surface area contributed by atoms with Gasteiger partial charge in [0.25, 0.3) is 0 Å². The summed E-state index contributed by atoms with van der Waals surface area (Å²) in [5, 5.41) is 4.27. The number of nitrogens with one attached hydrogen (secondary N) is 1. The summed E-state index contributed by atoms with van der Waals surface area (Å²) in [7, 11) is 0. The summed E-state index contributed by atoms with van der Waals surface area (Å²) in [5.41, 5.74) is 9.52. The van der Waals surface area contributed by atoms with Gasteiger partial charge >= 0.3 is 0 Å². The van der Waals surface area contributed by atoms with E-state index in [1.54, 1.807) is 6.20 Å². The molecule has 134 valence electrons. The Kier molecular flexibility index (Phi) is 4.53. The minimum absolute atomic E-state index is 0.291. The maximum Gasteiger partial charge on any atom is 0.248 e. The number of hydrogen-bond acceptors (Lipinski definition) is 6. The molecule has 27 heavy (non-hydrogen) atoms. The van der Waals surface area contributed by atoms with Gasteiger partial charge in [0.05, 0.1) is 0 Å². The molecular formula is C21H19N5O. The van der Waals surface area contributed by atoms with Crippen molar-refractivity contribution in [2.45, 2.75) is 13.3 Å². The van der Waals surface area contributed by atoms with Crippen LogP contribution in [-0.2, 0) is 6.42 Å². The van der Waals surface area contributed by atoms with Crippen molar-refractivity contribution in [1.29, 1.82) is 0 Å². The quantitative estimate of drug-likeness (QED) is 0.538. The fourth-order valence-electron chi connectivity index (χ4n) is 2.90. The molecule has 4 rings (SSSR count). The SMILES string of the molecule is CCc1ccccc1Nc1ncnc(Oc2cccc3cccnc23)c1N. The molecule has 0 aliphatic heterocycles. The number of hydrogen-bond donors (Lipinski definition) is 2. The third-order valence-electron chi connectivity index (χ3n) is 4.30. The Balaban J connectivity index is 1.68. The van der Waals surface area contributed by atoms with Crippen LogP contribution >= 0.6 is 0 Å². The number of aromatic nitrogens is 3. The first-order valence-corrected chi connectivity index (χ1v) is 8.73. The van der Waals surface area contributed by atoms with Gasteiger partial charge in [-0.1, -0.05) is 43.3 Å². The molecule has 2 heterocycles. The van der Waals surface area contributed by atoms with Crippen molar-refractivity contribution < 1.29 is 4.74 Å². The topological polar surface area (TPSA) is 86.0 Å². The maximum atomic E-state index is 6.28. The molecule has 6 heteroatoms. The second-order valence-corrected chi connectivity index (χ2v) is 6.01. The van der Waals surface area contributed by atoms with Crippen molar-refractivity contribution in [2.24, 2.45) is 0 Å². The van der Waals surface area contributed by atoms with Crippen LogP contribution in [0.1, 0.15) is 12.5 Å². The molecule has 0 spiro atoms. The summed E-state index contributed by atoms with van der Waals surface area (Å²) in [6.45, 7) is 2.10. The molecule has 2 aromatic heterocycles. The number of para-hydroxylation sites is 2. The van der Waals surface area contributed by atoms with E-state index in [1.807, 2.05) is 48.5 Å². The van der Waals surface area contributed by atoms with Gasteiger partial charge in [0.1, 0.15) is 17.5 Å². The Morgan fingerprint density at radius 1 is 0.963 bits per heavy atom. The average Bonchev–Trinajstić information content (AvgIpc) is 2.71. The zero-order valence-electron chi connectivity index (χ0n) is 14.9. The molecule has 0 aliphatic rings. The van der Waals surface area contributed by atoms with Crippen LogP contribution < -0.4 is 15.8 Å². The minimum Gasteiger partial charge on any atom is -0.435 e. The first-order valence-electron chi connectivity index (χ1n) is 8.73. The number of anilines is 3. The Labute approximate surface area is 157 Å². The van der Waals surface area contributed by atoms with Gasteiger partial charge in [-0.3, -0.25) is 4.98 Å². The molecule has 0 amide bonds. The van der Waals surface area contributed by atoms with E-state index in [0.29, 0.717) is 23.1 Å². The van der Waals surface area contributed by atoms with Crippen molar-refractivity contribution in [3.8, 4) is 11.6 Å². The van der Waals surface area contributed by atoms with Crippen LogP contribution in [0.15, 0.2) is 67.1 Å². The van der Waals surface area contributed by atoms with E-state index >= 15 is 0 Å². The average molecular weight is 357 g/mol. The van der Waals surface area contributed by atoms with Crippen LogP contribution in [0.5, 0.6) is 11.6 Å². The molecule has 3 N–H and O–H groups in total. The second kappa shape index (κ2) is 7.29. The molecule has 2 aromatic carbocycles. The lowest BCUT2D eigenvalue weighted by Crippen LogP contribution is -2.04. The molecule has 0 aliphatic carbocycles. The predicted molar refractivity (Wildman–Crippen MR) is 107 cm³/mol. The molecule has 4 aromatic rings. The fourth-order valence-corrected chi connectivity index (χ4v) is 2.90. The van der Waals surface area contributed by atoms with Gasteiger partial charge in [0.15, 0.2) is 11.6 Å². The molecule has 0 atom stereocenters. The Hall–Kier alpha value is -3.67. The molecule has 6 nitrogen and oxygen atoms in total. The van der Waals surface area contributed by atoms with Crippen LogP contribution in [0.4, 0.5) is 17.2 Å². The number of ether oxygens (including phenoxy) is 1. The Bertz CT molecular complexity index is 1090. The summed E-state index contributed by atoms with van der Waals surface area (Å²) in [4.78, 5) is 12.9. The molecule has 0 saturated heterocycles. The fraction of sp³-hybridized carbons (Fsp3) is 0.0952. The largest absolute Gasteiger partial charge is 0.435 e. The van der Waals surface area contributed by atoms with Gasteiger partial charge in [0, 0.05) is 17.3 Å². The lowest BCUT2D eigenvalue weighted by Gasteiger charge is -2.14. The number of nitrogen functional groups attached to an aromatic ring is 1. The van der Waals surface area contributed by atoms with Gasteiger partial charge in [-0.05, 0) is 30.2 Å². The van der Waals surface area contributed by atoms with E-state index in [9.17, 15) is 0 Å². The van der Waals surface area contributed by atoms with Crippen LogP contribution in [0, 0.1) is 0 Å². The molecule has 0 unspecified atom stereocenters. The number of nitrogens with zero attached hydrogens (tertiary/aromatic N) is 3. The highest BCUT2D eigenvalue weighted by Gasteiger charge is 2.13. The number of benzene rings is 2. The van der Waals surface area contributed by atoms with Crippen molar-refractivity contribution in [2.75, 3.05) is 11.1 Å². The third-order valence-corrected chi connectivity index (χ3v) is 4.30. The first-order chi connectivity index (χ1) is 13.3. The Morgan fingerprint density at radius 2 is 1.81 bits per heavy atom. The van der Waals surface area contributed by atoms with Gasteiger partial charge < -0.3 is 15.8 Å². The number of fused-ring (bicyclic) bond motifs is 1. The molecule has 0 radical (unpaired) electrons. The highest BCUT2D eigenvalue weighted by Crippen LogP contribution is 2.34. The first kappa shape index (κ1) is 16.8. The van der Waals surface area contributed by atoms with E-state index in [0.717, 1.165) is 23.0 Å². The van der Waals surface area contributed by atoms with E-state index in [1.165, 1.54) is 11.9 Å². The summed E-state index contributed by atoms with van der Waals surface area (Å²) in [5.74, 6) is 1.40. The number of pyridine rings is 1. The molecule has 0 bridgehead atoms. The number of nitrogens with two attached hydrogens (primary N) is 1. The molecular weight excluding hydrogens is 338 g/mol. The van der Waals surface area contributed by atoms with Crippen LogP contribution in [0.2, 0.25) is 0 Å². The molecule has 0 saturated carbocycles. The van der Waals surface area contributed by atoms with Crippen LogP contribution in [-0.4, -0.2) is 15.0 Å². The molecule has 0 fully saturated rings. The van der Waals surface area contributed by atoms with Crippen molar-refractivity contribution in [1.82, 2.24) is 15.0 Å². The van der Waals surface area contributed by atoms with Gasteiger partial charge in [-0.2, -0.15) is 4.98 Å². The van der Waals surface area contributed by atoms with Crippen LogP contribution in [0.3, 0.4) is 0 Å². The van der Waals surface area contributed by atoms with E-state index in [2.05, 4.69) is 33.3 Å². The van der Waals surface area contributed by atoms with Crippen LogP contribution in [0.25, 0.3) is 10.9 Å². The van der Waals surface area contributed by atoms with E-state index < -0.39 is 0 Å². The smallest absolute Gasteiger partial charge is 0.248 e. The predicted octanol–water partition coefficient (Wildman–Crippen LogP) is 4.71. The lowest BCUT2D eigenvalue weighted by atomic mass is 10.1. The number of rotatable bonds is 5. The van der Waals surface area contributed by atoms with E-state index in [4.69, 9.17) is 10.5 Å². The highest BCUT2D eigenvalue weighted by molar-refractivity contribution is 5.85. The summed E-state index contributed by atoms with van der Waals surface area (Å²) >= 11 is 0. The second-order valence-electron chi connectivity index (χ2n) is 6.01. The van der Waals surface area contributed by atoms with E-state index in [-0.39, 0.29) is 0 Å². The summed E-state index contributed by atoms with van der Waals surface area (Å²) in [6, 6.07) is 17.6. The van der Waals surface area contributed by atoms with Crippen molar-refractivity contribution in [3.63, 3.8) is 0 Å². The monoisotopic (exact) mass is 357 g/mol. The Morgan fingerprint density at radius 3 is 2.70 bits per heavy atom. The van der Waals surface area contributed by atoms with Crippen molar-refractivity contribution >= 4 is 28.1 Å². The summed E-state index contributed by atoms with van der Waals surface area (Å²) in [6.07, 6.45) is 4.06. The minimum atomic E-state index is 0.291. The highest BCUT2D eigenvalue weighted by atomic mass is 16.5. The van der Waals surface area contributed by atoms with Gasteiger partial charge in [0.2, 0.25) is 5.88 Å².